The Morgan fingerprint density at radius 1 is 1.57 bits per heavy atom. The number of hydrogen-bond acceptors (Lipinski definition) is 3. The van der Waals surface area contributed by atoms with E-state index in [4.69, 9.17) is 5.11 Å². The molecule has 0 bridgehead atoms. The van der Waals surface area contributed by atoms with Crippen LogP contribution in [0.2, 0.25) is 0 Å². The van der Waals surface area contributed by atoms with Gasteiger partial charge in [-0.15, -0.1) is 0 Å². The van der Waals surface area contributed by atoms with Gasteiger partial charge in [0.2, 0.25) is 0 Å². The highest BCUT2D eigenvalue weighted by molar-refractivity contribution is 5.86. The summed E-state index contributed by atoms with van der Waals surface area (Å²) in [7, 11) is 1.52. The van der Waals surface area contributed by atoms with Crippen molar-refractivity contribution in [1.82, 2.24) is 9.55 Å². The SMILES string of the molecule is CC(C)c1ncc(C(=O)O)c(=O)n1C. The Kier molecular flexibility index (Phi) is 2.69. The average Bonchev–Trinajstić information content (AvgIpc) is 2.08. The minimum absolute atomic E-state index is 0.0931. The summed E-state index contributed by atoms with van der Waals surface area (Å²) in [5.74, 6) is -0.566. The van der Waals surface area contributed by atoms with Crippen molar-refractivity contribution in [3.63, 3.8) is 0 Å². The van der Waals surface area contributed by atoms with Crippen LogP contribution in [0.25, 0.3) is 0 Å². The summed E-state index contributed by atoms with van der Waals surface area (Å²) in [6.07, 6.45) is 1.11. The number of carbonyl (C=O) groups is 1. The van der Waals surface area contributed by atoms with Gasteiger partial charge < -0.3 is 5.11 Å². The number of carboxylic acids is 1. The fourth-order valence-electron chi connectivity index (χ4n) is 1.24. The maximum Gasteiger partial charge on any atom is 0.342 e. The Hall–Kier alpha value is -1.65. The molecule has 14 heavy (non-hydrogen) atoms. The lowest BCUT2D eigenvalue weighted by Gasteiger charge is -2.09. The monoisotopic (exact) mass is 196 g/mol. The summed E-state index contributed by atoms with van der Waals surface area (Å²) in [5, 5.41) is 8.67. The molecule has 0 amide bonds. The lowest BCUT2D eigenvalue weighted by molar-refractivity contribution is 0.0693. The van der Waals surface area contributed by atoms with Gasteiger partial charge in [-0.2, -0.15) is 0 Å². The molecule has 0 aliphatic heterocycles. The Balaban J connectivity index is 3.42. The smallest absolute Gasteiger partial charge is 0.342 e. The maximum atomic E-state index is 11.5. The van der Waals surface area contributed by atoms with Crippen molar-refractivity contribution in [2.45, 2.75) is 19.8 Å². The van der Waals surface area contributed by atoms with E-state index in [2.05, 4.69) is 4.98 Å². The topological polar surface area (TPSA) is 72.2 Å². The summed E-state index contributed by atoms with van der Waals surface area (Å²) < 4.78 is 1.27. The lowest BCUT2D eigenvalue weighted by Crippen LogP contribution is -2.28. The highest BCUT2D eigenvalue weighted by atomic mass is 16.4. The zero-order valence-corrected chi connectivity index (χ0v) is 8.31. The van der Waals surface area contributed by atoms with Gasteiger partial charge in [0.05, 0.1) is 0 Å². The van der Waals surface area contributed by atoms with Crippen molar-refractivity contribution >= 4 is 5.97 Å². The summed E-state index contributed by atoms with van der Waals surface area (Å²) in [6, 6.07) is 0. The maximum absolute atomic E-state index is 11.5. The fourth-order valence-corrected chi connectivity index (χ4v) is 1.24. The zero-order valence-electron chi connectivity index (χ0n) is 8.31. The molecule has 5 nitrogen and oxygen atoms in total. The van der Waals surface area contributed by atoms with Gasteiger partial charge in [0, 0.05) is 19.2 Å². The molecule has 1 aromatic rings. The highest BCUT2D eigenvalue weighted by Gasteiger charge is 2.14. The Bertz CT molecular complexity index is 421. The van der Waals surface area contributed by atoms with Crippen molar-refractivity contribution in [3.8, 4) is 0 Å². The molecule has 1 N–H and O–H groups in total. The molecule has 5 heteroatoms. The van der Waals surface area contributed by atoms with Crippen LogP contribution >= 0.6 is 0 Å². The molecule has 0 aliphatic carbocycles. The van der Waals surface area contributed by atoms with E-state index in [-0.39, 0.29) is 11.5 Å². The summed E-state index contributed by atoms with van der Waals surface area (Å²) in [4.78, 5) is 26.0. The molecular weight excluding hydrogens is 184 g/mol. The van der Waals surface area contributed by atoms with E-state index in [1.807, 2.05) is 13.8 Å². The molecule has 0 radical (unpaired) electrons. The first-order chi connectivity index (χ1) is 6.45. The summed E-state index contributed by atoms with van der Waals surface area (Å²) in [6.45, 7) is 3.78. The Morgan fingerprint density at radius 2 is 2.14 bits per heavy atom. The summed E-state index contributed by atoms with van der Waals surface area (Å²) in [5.41, 5.74) is -0.812. The van der Waals surface area contributed by atoms with E-state index >= 15 is 0 Å². The van der Waals surface area contributed by atoms with Crippen LogP contribution in [0.4, 0.5) is 0 Å². The standard InChI is InChI=1S/C9H12N2O3/c1-5(2)7-10-4-6(9(13)14)8(12)11(7)3/h4-5H,1-3H3,(H,13,14). The number of hydrogen-bond donors (Lipinski definition) is 1. The molecule has 0 spiro atoms. The van der Waals surface area contributed by atoms with E-state index in [9.17, 15) is 9.59 Å². The van der Waals surface area contributed by atoms with Gasteiger partial charge in [0.25, 0.3) is 5.56 Å². The van der Waals surface area contributed by atoms with Gasteiger partial charge >= 0.3 is 5.97 Å². The largest absolute Gasteiger partial charge is 0.477 e. The first-order valence-electron chi connectivity index (χ1n) is 4.24. The van der Waals surface area contributed by atoms with Crippen LogP contribution in [0, 0.1) is 0 Å². The molecular formula is C9H12N2O3. The van der Waals surface area contributed by atoms with Gasteiger partial charge in [-0.3, -0.25) is 9.36 Å². The average molecular weight is 196 g/mol. The molecule has 1 aromatic heterocycles. The molecule has 0 atom stereocenters. The Morgan fingerprint density at radius 3 is 2.57 bits per heavy atom. The second-order valence-corrected chi connectivity index (χ2v) is 3.35. The van der Waals surface area contributed by atoms with Crippen LogP contribution < -0.4 is 5.56 Å². The number of rotatable bonds is 2. The van der Waals surface area contributed by atoms with Crippen molar-refractivity contribution < 1.29 is 9.90 Å². The number of nitrogens with zero attached hydrogens (tertiary/aromatic N) is 2. The van der Waals surface area contributed by atoms with Crippen molar-refractivity contribution in [2.75, 3.05) is 0 Å². The minimum atomic E-state index is -1.24. The normalized spacial score (nSPS) is 10.6. The molecule has 1 rings (SSSR count). The van der Waals surface area contributed by atoms with Crippen molar-refractivity contribution in [1.29, 1.82) is 0 Å². The first-order valence-corrected chi connectivity index (χ1v) is 4.24. The van der Waals surface area contributed by atoms with Crippen LogP contribution in [-0.2, 0) is 7.05 Å². The second-order valence-electron chi connectivity index (χ2n) is 3.35. The van der Waals surface area contributed by atoms with Gasteiger partial charge in [-0.1, -0.05) is 13.8 Å². The quantitative estimate of drug-likeness (QED) is 0.751. The van der Waals surface area contributed by atoms with Gasteiger partial charge in [-0.25, -0.2) is 9.78 Å². The molecule has 0 unspecified atom stereocenters. The van der Waals surface area contributed by atoms with Gasteiger partial charge in [-0.05, 0) is 0 Å². The van der Waals surface area contributed by atoms with E-state index in [1.165, 1.54) is 11.6 Å². The predicted octanol–water partition coefficient (Wildman–Crippen LogP) is 0.602. The van der Waals surface area contributed by atoms with Crippen molar-refractivity contribution in [2.24, 2.45) is 7.05 Å². The third-order valence-electron chi connectivity index (χ3n) is 1.95. The third kappa shape index (κ3) is 1.66. The van der Waals surface area contributed by atoms with Crippen LogP contribution in [0.1, 0.15) is 35.9 Å². The molecule has 0 fully saturated rings. The minimum Gasteiger partial charge on any atom is -0.477 e. The highest BCUT2D eigenvalue weighted by Crippen LogP contribution is 2.07. The predicted molar refractivity (Wildman–Crippen MR) is 50.5 cm³/mol. The summed E-state index contributed by atoms with van der Waals surface area (Å²) >= 11 is 0. The van der Waals surface area contributed by atoms with Gasteiger partial charge in [0.15, 0.2) is 0 Å². The van der Waals surface area contributed by atoms with E-state index in [0.717, 1.165) is 6.20 Å². The molecule has 0 aliphatic rings. The third-order valence-corrected chi connectivity index (χ3v) is 1.95. The van der Waals surface area contributed by atoms with Crippen LogP contribution in [-0.4, -0.2) is 20.6 Å². The van der Waals surface area contributed by atoms with E-state index in [0.29, 0.717) is 5.82 Å². The number of carboxylic acid groups (broad SMARTS) is 1. The zero-order chi connectivity index (χ0) is 10.9. The molecule has 0 aromatic carbocycles. The van der Waals surface area contributed by atoms with E-state index in [1.54, 1.807) is 0 Å². The molecule has 0 saturated heterocycles. The molecule has 1 heterocycles. The van der Waals surface area contributed by atoms with Gasteiger partial charge in [0.1, 0.15) is 11.4 Å². The molecule has 76 valence electrons. The van der Waals surface area contributed by atoms with Crippen LogP contribution in [0.15, 0.2) is 11.0 Å². The van der Waals surface area contributed by atoms with Crippen LogP contribution in [0.3, 0.4) is 0 Å². The lowest BCUT2D eigenvalue weighted by atomic mass is 10.2. The first kappa shape index (κ1) is 10.4. The second kappa shape index (κ2) is 3.61. The van der Waals surface area contributed by atoms with Crippen LogP contribution in [0.5, 0.6) is 0 Å². The Labute approximate surface area is 81.0 Å². The number of aromatic nitrogens is 2. The molecule has 0 saturated carbocycles. The number of aromatic carboxylic acids is 1. The fraction of sp³-hybridized carbons (Fsp3) is 0.444. The van der Waals surface area contributed by atoms with E-state index < -0.39 is 11.5 Å². The van der Waals surface area contributed by atoms with Crippen molar-refractivity contribution in [3.05, 3.63) is 27.9 Å².